The Morgan fingerprint density at radius 1 is 1.38 bits per heavy atom. The summed E-state index contributed by atoms with van der Waals surface area (Å²) in [5.74, 6) is 0.268. The van der Waals surface area contributed by atoms with Crippen LogP contribution in [0.25, 0.3) is 11.3 Å². The number of hydrogen-bond donors (Lipinski definition) is 2. The number of aromatic nitrogens is 3. The van der Waals surface area contributed by atoms with Crippen molar-refractivity contribution in [1.82, 2.24) is 20.1 Å². The van der Waals surface area contributed by atoms with E-state index in [0.29, 0.717) is 5.56 Å². The van der Waals surface area contributed by atoms with E-state index in [4.69, 9.17) is 11.0 Å². The van der Waals surface area contributed by atoms with Crippen molar-refractivity contribution in [2.45, 2.75) is 24.8 Å². The van der Waals surface area contributed by atoms with E-state index in [-0.39, 0.29) is 11.2 Å². The van der Waals surface area contributed by atoms with Gasteiger partial charge in [-0.25, -0.2) is 4.98 Å². The van der Waals surface area contributed by atoms with E-state index in [1.54, 1.807) is 12.3 Å². The third-order valence-electron chi connectivity index (χ3n) is 4.70. The van der Waals surface area contributed by atoms with Crippen LogP contribution in [0, 0.1) is 11.3 Å². The largest absolute Gasteiger partial charge is 0.383 e. The molecule has 3 N–H and O–H groups in total. The molecular formula is C15H16N6. The molecule has 4 heterocycles. The average molecular weight is 280 g/mol. The smallest absolute Gasteiger partial charge is 0.141 e. The third kappa shape index (κ3) is 1.74. The monoisotopic (exact) mass is 280 g/mol. The number of hydrogen-bond acceptors (Lipinski definition) is 5. The molecule has 2 aliphatic heterocycles. The number of nitriles is 1. The molecule has 0 radical (unpaired) electrons. The molecule has 1 atom stereocenters. The molecule has 2 aliphatic rings. The Morgan fingerprint density at radius 3 is 3.05 bits per heavy atom. The van der Waals surface area contributed by atoms with Crippen LogP contribution < -0.4 is 11.1 Å². The van der Waals surface area contributed by atoms with Gasteiger partial charge in [-0.2, -0.15) is 10.4 Å². The highest BCUT2D eigenvalue weighted by atomic mass is 15.3. The minimum absolute atomic E-state index is 0.241. The van der Waals surface area contributed by atoms with Crippen LogP contribution in [0.1, 0.15) is 24.1 Å². The fourth-order valence-electron chi connectivity index (χ4n) is 3.48. The lowest BCUT2D eigenvalue weighted by Gasteiger charge is -2.20. The van der Waals surface area contributed by atoms with Crippen LogP contribution in [0.2, 0.25) is 0 Å². The van der Waals surface area contributed by atoms with Crippen LogP contribution in [0.5, 0.6) is 0 Å². The highest BCUT2D eigenvalue weighted by Crippen LogP contribution is 2.41. The molecule has 2 aromatic rings. The number of aryl methyl sites for hydroxylation is 1. The summed E-state index contributed by atoms with van der Waals surface area (Å²) >= 11 is 0. The van der Waals surface area contributed by atoms with Gasteiger partial charge in [0.25, 0.3) is 0 Å². The molecule has 6 heteroatoms. The van der Waals surface area contributed by atoms with Crippen molar-refractivity contribution in [3.05, 3.63) is 29.6 Å². The first-order valence-electron chi connectivity index (χ1n) is 7.17. The number of nitrogen functional groups attached to an aromatic ring is 1. The standard InChI is InChI=1S/C15H16N6/c16-7-10-5-11(8-19-14(10)17)12-6-13-15(1-3-18-9-15)2-4-21(13)20-12/h5-6,8,18H,1-4,9H2,(H2,17,19)/t15-/m1/s1. The van der Waals surface area contributed by atoms with Crippen molar-refractivity contribution in [1.29, 1.82) is 5.26 Å². The minimum atomic E-state index is 0.241. The normalized spacial score (nSPS) is 23.4. The highest BCUT2D eigenvalue weighted by molar-refractivity contribution is 5.64. The molecule has 21 heavy (non-hydrogen) atoms. The van der Waals surface area contributed by atoms with Gasteiger partial charge in [0.2, 0.25) is 0 Å². The molecule has 6 nitrogen and oxygen atoms in total. The second-order valence-electron chi connectivity index (χ2n) is 5.86. The van der Waals surface area contributed by atoms with Crippen LogP contribution in [0.15, 0.2) is 18.3 Å². The molecule has 0 bridgehead atoms. The zero-order valence-corrected chi connectivity index (χ0v) is 11.6. The summed E-state index contributed by atoms with van der Waals surface area (Å²) in [6.45, 7) is 3.06. The van der Waals surface area contributed by atoms with Gasteiger partial charge in [0, 0.05) is 36.0 Å². The molecule has 0 aromatic carbocycles. The third-order valence-corrected chi connectivity index (χ3v) is 4.70. The molecule has 1 fully saturated rings. The van der Waals surface area contributed by atoms with E-state index in [2.05, 4.69) is 32.2 Å². The quantitative estimate of drug-likeness (QED) is 0.814. The molecule has 1 spiro atoms. The van der Waals surface area contributed by atoms with Crippen LogP contribution >= 0.6 is 0 Å². The summed E-state index contributed by atoms with van der Waals surface area (Å²) in [6, 6.07) is 5.98. The predicted molar refractivity (Wildman–Crippen MR) is 78.4 cm³/mol. The zero-order chi connectivity index (χ0) is 14.4. The Kier molecular flexibility index (Phi) is 2.53. The van der Waals surface area contributed by atoms with E-state index in [1.807, 2.05) is 0 Å². The summed E-state index contributed by atoms with van der Waals surface area (Å²) < 4.78 is 2.10. The second kappa shape index (κ2) is 4.30. The second-order valence-corrected chi connectivity index (χ2v) is 5.86. The molecule has 0 aliphatic carbocycles. The summed E-state index contributed by atoms with van der Waals surface area (Å²) in [6.07, 6.45) is 4.02. The van der Waals surface area contributed by atoms with Crippen molar-refractivity contribution in [3.8, 4) is 17.3 Å². The molecule has 0 amide bonds. The van der Waals surface area contributed by atoms with Gasteiger partial charge in [0.15, 0.2) is 0 Å². The minimum Gasteiger partial charge on any atom is -0.383 e. The van der Waals surface area contributed by atoms with Crippen molar-refractivity contribution in [2.24, 2.45) is 0 Å². The van der Waals surface area contributed by atoms with E-state index < -0.39 is 0 Å². The number of nitrogens with two attached hydrogens (primary N) is 1. The first-order valence-corrected chi connectivity index (χ1v) is 7.17. The number of fused-ring (bicyclic) bond motifs is 2. The van der Waals surface area contributed by atoms with Crippen LogP contribution in [0.4, 0.5) is 5.82 Å². The van der Waals surface area contributed by atoms with Gasteiger partial charge >= 0.3 is 0 Å². The number of nitrogens with one attached hydrogen (secondary N) is 1. The topological polar surface area (TPSA) is 92.5 Å². The first kappa shape index (κ1) is 12.4. The Morgan fingerprint density at radius 2 is 2.29 bits per heavy atom. The Labute approximate surface area is 122 Å². The summed E-state index contributed by atoms with van der Waals surface area (Å²) in [7, 11) is 0. The van der Waals surface area contributed by atoms with Crippen molar-refractivity contribution >= 4 is 5.82 Å². The lowest BCUT2D eigenvalue weighted by atomic mass is 9.82. The van der Waals surface area contributed by atoms with Gasteiger partial charge in [-0.05, 0) is 31.5 Å². The molecule has 2 aromatic heterocycles. The van der Waals surface area contributed by atoms with E-state index >= 15 is 0 Å². The van der Waals surface area contributed by atoms with Crippen LogP contribution in [0.3, 0.4) is 0 Å². The number of nitrogens with zero attached hydrogens (tertiary/aromatic N) is 4. The maximum absolute atomic E-state index is 9.07. The Hall–Kier alpha value is -2.39. The van der Waals surface area contributed by atoms with Gasteiger partial charge in [-0.15, -0.1) is 0 Å². The van der Waals surface area contributed by atoms with E-state index in [0.717, 1.165) is 37.3 Å². The fraction of sp³-hybridized carbons (Fsp3) is 0.400. The van der Waals surface area contributed by atoms with Gasteiger partial charge in [0.05, 0.1) is 11.3 Å². The van der Waals surface area contributed by atoms with E-state index in [9.17, 15) is 0 Å². The van der Waals surface area contributed by atoms with Crippen LogP contribution in [-0.4, -0.2) is 27.9 Å². The van der Waals surface area contributed by atoms with Gasteiger partial charge in [0.1, 0.15) is 11.9 Å². The number of anilines is 1. The molecule has 106 valence electrons. The lowest BCUT2D eigenvalue weighted by molar-refractivity contribution is 0.467. The fourth-order valence-corrected chi connectivity index (χ4v) is 3.48. The molecular weight excluding hydrogens is 264 g/mol. The summed E-state index contributed by atoms with van der Waals surface area (Å²) in [4.78, 5) is 4.09. The summed E-state index contributed by atoms with van der Waals surface area (Å²) in [5, 5.41) is 17.2. The Bertz CT molecular complexity index is 748. The van der Waals surface area contributed by atoms with Gasteiger partial charge < -0.3 is 11.1 Å². The molecule has 1 saturated heterocycles. The molecule has 4 rings (SSSR count). The van der Waals surface area contributed by atoms with Gasteiger partial charge in [-0.1, -0.05) is 0 Å². The Balaban J connectivity index is 1.77. The zero-order valence-electron chi connectivity index (χ0n) is 11.6. The van der Waals surface area contributed by atoms with E-state index in [1.165, 1.54) is 12.1 Å². The average Bonchev–Trinajstić information content (AvgIpc) is 3.19. The molecule has 0 saturated carbocycles. The van der Waals surface area contributed by atoms with Crippen LogP contribution in [-0.2, 0) is 12.0 Å². The maximum atomic E-state index is 9.07. The van der Waals surface area contributed by atoms with Crippen molar-refractivity contribution < 1.29 is 0 Å². The lowest BCUT2D eigenvalue weighted by Crippen LogP contribution is -2.25. The summed E-state index contributed by atoms with van der Waals surface area (Å²) in [5.41, 5.74) is 9.35. The number of pyridine rings is 1. The SMILES string of the molecule is N#Cc1cc(-c2cc3n(n2)CC[C@@]32CCNC2)cnc1N. The molecule has 0 unspecified atom stereocenters. The van der Waals surface area contributed by atoms with Crippen molar-refractivity contribution in [2.75, 3.05) is 18.8 Å². The number of rotatable bonds is 1. The highest BCUT2D eigenvalue weighted by Gasteiger charge is 2.42. The van der Waals surface area contributed by atoms with Crippen molar-refractivity contribution in [3.63, 3.8) is 0 Å². The predicted octanol–water partition coefficient (Wildman–Crippen LogP) is 1.03. The van der Waals surface area contributed by atoms with Gasteiger partial charge in [-0.3, -0.25) is 4.68 Å². The maximum Gasteiger partial charge on any atom is 0.141 e. The first-order chi connectivity index (χ1) is 10.2.